The Bertz CT molecular complexity index is 1080. The number of carbonyl (C=O) groups excluding carboxylic acids is 1. The van der Waals surface area contributed by atoms with Crippen molar-refractivity contribution in [2.24, 2.45) is 7.05 Å². The van der Waals surface area contributed by atoms with E-state index in [4.69, 9.17) is 4.42 Å². The van der Waals surface area contributed by atoms with Crippen LogP contribution >= 0.6 is 0 Å². The van der Waals surface area contributed by atoms with Crippen molar-refractivity contribution in [3.63, 3.8) is 0 Å². The first kappa shape index (κ1) is 15.8. The summed E-state index contributed by atoms with van der Waals surface area (Å²) in [6.45, 7) is 0. The number of nitrogens with one attached hydrogen (secondary N) is 1. The third-order valence-corrected chi connectivity index (χ3v) is 3.81. The molecular weight excluding hydrogens is 330 g/mol. The topological polar surface area (TPSA) is 85.8 Å². The number of pyridine rings is 1. The number of nitrogens with zero attached hydrogens (tertiary/aromatic N) is 4. The molecule has 0 aliphatic carbocycles. The van der Waals surface area contributed by atoms with Crippen molar-refractivity contribution in [3.8, 4) is 11.1 Å². The van der Waals surface area contributed by atoms with Gasteiger partial charge in [0.2, 0.25) is 0 Å². The Morgan fingerprint density at radius 1 is 1.23 bits per heavy atom. The lowest BCUT2D eigenvalue weighted by molar-refractivity contribution is -0.112. The van der Waals surface area contributed by atoms with Crippen LogP contribution in [0.5, 0.6) is 0 Å². The molecule has 0 radical (unpaired) electrons. The van der Waals surface area contributed by atoms with Gasteiger partial charge in [-0.25, -0.2) is 0 Å². The van der Waals surface area contributed by atoms with Crippen LogP contribution in [0.2, 0.25) is 0 Å². The zero-order valence-electron chi connectivity index (χ0n) is 14.0. The molecule has 4 aromatic rings. The number of carbonyl (C=O) groups is 1. The van der Waals surface area contributed by atoms with Crippen molar-refractivity contribution in [2.45, 2.75) is 0 Å². The molecule has 0 bridgehead atoms. The molecule has 0 aliphatic heterocycles. The molecule has 7 nitrogen and oxygen atoms in total. The van der Waals surface area contributed by atoms with E-state index in [9.17, 15) is 4.79 Å². The molecule has 3 heterocycles. The number of hydrogen-bond donors (Lipinski definition) is 1. The van der Waals surface area contributed by atoms with E-state index in [1.807, 2.05) is 37.5 Å². The summed E-state index contributed by atoms with van der Waals surface area (Å²) >= 11 is 0. The molecule has 1 aromatic carbocycles. The maximum Gasteiger partial charge on any atom is 0.302 e. The van der Waals surface area contributed by atoms with Crippen LogP contribution < -0.4 is 5.32 Å². The first-order chi connectivity index (χ1) is 12.7. The Kier molecular flexibility index (Phi) is 4.03. The summed E-state index contributed by atoms with van der Waals surface area (Å²) < 4.78 is 7.21. The molecule has 7 heteroatoms. The van der Waals surface area contributed by atoms with Gasteiger partial charge in [-0.2, -0.15) is 10.1 Å². The fourth-order valence-corrected chi connectivity index (χ4v) is 2.60. The Morgan fingerprint density at radius 2 is 2.12 bits per heavy atom. The molecule has 26 heavy (non-hydrogen) atoms. The van der Waals surface area contributed by atoms with Gasteiger partial charge in [-0.05, 0) is 29.8 Å². The number of oxazole rings is 1. The fraction of sp³-hybridized carbons (Fsp3) is 0.0526. The van der Waals surface area contributed by atoms with Crippen LogP contribution in [-0.4, -0.2) is 25.7 Å². The lowest BCUT2D eigenvalue weighted by atomic mass is 10.0. The van der Waals surface area contributed by atoms with Gasteiger partial charge in [0.05, 0.1) is 6.20 Å². The maximum atomic E-state index is 12.2. The van der Waals surface area contributed by atoms with Crippen molar-refractivity contribution in [3.05, 3.63) is 66.8 Å². The number of aromatic nitrogens is 4. The summed E-state index contributed by atoms with van der Waals surface area (Å²) in [7, 11) is 1.86. The van der Waals surface area contributed by atoms with E-state index in [0.717, 1.165) is 16.7 Å². The van der Waals surface area contributed by atoms with Gasteiger partial charge in [0.1, 0.15) is 5.52 Å². The molecule has 0 saturated heterocycles. The minimum Gasteiger partial charge on any atom is -0.423 e. The first-order valence-corrected chi connectivity index (χ1v) is 7.97. The lowest BCUT2D eigenvalue weighted by Gasteiger charge is -2.02. The summed E-state index contributed by atoms with van der Waals surface area (Å²) in [5, 5.41) is 6.80. The number of aryl methyl sites for hydroxylation is 1. The van der Waals surface area contributed by atoms with Crippen LogP contribution in [0.15, 0.2) is 65.6 Å². The van der Waals surface area contributed by atoms with Crippen LogP contribution in [0.4, 0.5) is 6.01 Å². The van der Waals surface area contributed by atoms with Gasteiger partial charge in [0, 0.05) is 42.8 Å². The second-order valence-corrected chi connectivity index (χ2v) is 5.67. The molecule has 0 atom stereocenters. The zero-order chi connectivity index (χ0) is 17.9. The summed E-state index contributed by atoms with van der Waals surface area (Å²) in [6.07, 6.45) is 10.2. The highest BCUT2D eigenvalue weighted by Crippen LogP contribution is 2.23. The third kappa shape index (κ3) is 3.23. The Balaban J connectivity index is 1.53. The van der Waals surface area contributed by atoms with E-state index in [1.165, 1.54) is 6.08 Å². The van der Waals surface area contributed by atoms with Gasteiger partial charge in [-0.15, -0.1) is 0 Å². The highest BCUT2D eigenvalue weighted by atomic mass is 16.4. The highest BCUT2D eigenvalue weighted by Gasteiger charge is 2.08. The monoisotopic (exact) mass is 345 g/mol. The normalized spacial score (nSPS) is 11.3. The smallest absolute Gasteiger partial charge is 0.302 e. The summed E-state index contributed by atoms with van der Waals surface area (Å²) in [4.78, 5) is 20.5. The van der Waals surface area contributed by atoms with Crippen molar-refractivity contribution in [1.82, 2.24) is 19.7 Å². The molecule has 0 fully saturated rings. The average molecular weight is 345 g/mol. The standard InChI is InChI=1S/C19H15N5O2/c1-24-12-14(11-21-24)15-8-9-20-10-13(15)6-7-18(25)23-19-22-16-4-2-3-5-17(16)26-19/h2-12H,1H3,(H,22,23,25). The van der Waals surface area contributed by atoms with Crippen molar-refractivity contribution in [2.75, 3.05) is 5.32 Å². The number of fused-ring (bicyclic) bond motifs is 1. The Labute approximate surface area is 149 Å². The summed E-state index contributed by atoms with van der Waals surface area (Å²) in [5.74, 6) is -0.336. The van der Waals surface area contributed by atoms with E-state index < -0.39 is 0 Å². The van der Waals surface area contributed by atoms with Crippen LogP contribution in [0.25, 0.3) is 28.3 Å². The van der Waals surface area contributed by atoms with Crippen molar-refractivity contribution < 1.29 is 9.21 Å². The van der Waals surface area contributed by atoms with Gasteiger partial charge < -0.3 is 4.42 Å². The SMILES string of the molecule is Cn1cc(-c2ccncc2C=CC(=O)Nc2nc3ccccc3o2)cn1. The number of anilines is 1. The second kappa shape index (κ2) is 6.64. The quantitative estimate of drug-likeness (QED) is 0.574. The van der Waals surface area contributed by atoms with Gasteiger partial charge in [0.15, 0.2) is 5.58 Å². The molecule has 0 unspecified atom stereocenters. The van der Waals surface area contributed by atoms with Crippen molar-refractivity contribution in [1.29, 1.82) is 0 Å². The fourth-order valence-electron chi connectivity index (χ4n) is 2.60. The van der Waals surface area contributed by atoms with Gasteiger partial charge in [-0.3, -0.25) is 19.8 Å². The molecule has 3 aromatic heterocycles. The molecule has 1 amide bonds. The maximum absolute atomic E-state index is 12.2. The van der Waals surface area contributed by atoms with E-state index in [1.54, 1.807) is 35.4 Å². The predicted molar refractivity (Wildman–Crippen MR) is 98.1 cm³/mol. The molecule has 0 spiro atoms. The number of hydrogen-bond acceptors (Lipinski definition) is 5. The number of benzene rings is 1. The van der Waals surface area contributed by atoms with Gasteiger partial charge in [0.25, 0.3) is 5.91 Å². The molecule has 0 saturated carbocycles. The van der Waals surface area contributed by atoms with E-state index >= 15 is 0 Å². The lowest BCUT2D eigenvalue weighted by Crippen LogP contribution is -2.07. The van der Waals surface area contributed by atoms with Gasteiger partial charge >= 0.3 is 6.01 Å². The molecular formula is C19H15N5O2. The molecule has 128 valence electrons. The Morgan fingerprint density at radius 3 is 2.92 bits per heavy atom. The average Bonchev–Trinajstić information content (AvgIpc) is 3.25. The van der Waals surface area contributed by atoms with Crippen LogP contribution in [0, 0.1) is 0 Å². The molecule has 4 rings (SSSR count). The molecule has 0 aliphatic rings. The summed E-state index contributed by atoms with van der Waals surface area (Å²) in [6, 6.07) is 9.37. The Hall–Kier alpha value is -3.74. The summed E-state index contributed by atoms with van der Waals surface area (Å²) in [5.41, 5.74) is 4.02. The number of amides is 1. The number of rotatable bonds is 4. The highest BCUT2D eigenvalue weighted by molar-refractivity contribution is 6.01. The van der Waals surface area contributed by atoms with E-state index in [0.29, 0.717) is 11.1 Å². The third-order valence-electron chi connectivity index (χ3n) is 3.81. The first-order valence-electron chi connectivity index (χ1n) is 7.97. The largest absolute Gasteiger partial charge is 0.423 e. The molecule has 1 N–H and O–H groups in total. The van der Waals surface area contributed by atoms with Crippen LogP contribution in [0.3, 0.4) is 0 Å². The van der Waals surface area contributed by atoms with Crippen LogP contribution in [0.1, 0.15) is 5.56 Å². The van der Waals surface area contributed by atoms with E-state index in [2.05, 4.69) is 20.4 Å². The minimum atomic E-state index is -0.336. The van der Waals surface area contributed by atoms with Crippen molar-refractivity contribution >= 4 is 29.1 Å². The van der Waals surface area contributed by atoms with Crippen LogP contribution in [-0.2, 0) is 11.8 Å². The minimum absolute atomic E-state index is 0.166. The van der Waals surface area contributed by atoms with E-state index in [-0.39, 0.29) is 11.9 Å². The zero-order valence-corrected chi connectivity index (χ0v) is 14.0. The predicted octanol–water partition coefficient (Wildman–Crippen LogP) is 3.28. The second-order valence-electron chi connectivity index (χ2n) is 5.67. The number of para-hydroxylation sites is 2. The van der Waals surface area contributed by atoms with Gasteiger partial charge in [-0.1, -0.05) is 12.1 Å².